The first-order chi connectivity index (χ1) is 5.15. The fourth-order valence-electron chi connectivity index (χ4n) is 0.749. The van der Waals surface area contributed by atoms with E-state index in [-0.39, 0.29) is 5.15 Å². The molecule has 2 nitrogen and oxygen atoms in total. The van der Waals surface area contributed by atoms with Crippen LogP contribution in [0.2, 0.25) is 10.2 Å². The Morgan fingerprint density at radius 3 is 2.64 bits per heavy atom. The van der Waals surface area contributed by atoms with Gasteiger partial charge in [-0.3, -0.25) is 0 Å². The molecule has 0 saturated carbocycles. The van der Waals surface area contributed by atoms with E-state index in [1.807, 2.05) is 6.92 Å². The number of rotatable bonds is 1. The van der Waals surface area contributed by atoms with Gasteiger partial charge in [0.2, 0.25) is 5.88 Å². The number of aromatic nitrogens is 1. The third kappa shape index (κ3) is 1.76. The summed E-state index contributed by atoms with van der Waals surface area (Å²) in [7, 11) is 1.54. The van der Waals surface area contributed by atoms with E-state index < -0.39 is 0 Å². The van der Waals surface area contributed by atoms with Crippen LogP contribution in [-0.4, -0.2) is 12.1 Å². The van der Waals surface area contributed by atoms with Crippen LogP contribution in [0.3, 0.4) is 0 Å². The third-order valence-electron chi connectivity index (χ3n) is 1.27. The average molecular weight is 192 g/mol. The third-order valence-corrected chi connectivity index (χ3v) is 1.94. The molecule has 0 aliphatic heterocycles. The van der Waals surface area contributed by atoms with Crippen LogP contribution in [0.15, 0.2) is 6.07 Å². The van der Waals surface area contributed by atoms with E-state index >= 15 is 0 Å². The van der Waals surface area contributed by atoms with Crippen molar-refractivity contribution >= 4 is 23.2 Å². The molecule has 0 N–H and O–H groups in total. The number of halogens is 2. The number of pyridine rings is 1. The Balaban J connectivity index is 3.21. The summed E-state index contributed by atoms with van der Waals surface area (Å²) in [5.74, 6) is 0.513. The summed E-state index contributed by atoms with van der Waals surface area (Å²) in [6, 6.07) is 1.72. The number of nitrogens with zero attached hydrogens (tertiary/aromatic N) is 1. The largest absolute Gasteiger partial charge is 0.481 e. The van der Waals surface area contributed by atoms with E-state index in [0.29, 0.717) is 10.9 Å². The Bertz CT molecular complexity index is 275. The molecule has 0 aliphatic carbocycles. The molecule has 1 heterocycles. The summed E-state index contributed by atoms with van der Waals surface area (Å²) >= 11 is 11.3. The molecule has 1 aromatic heterocycles. The summed E-state index contributed by atoms with van der Waals surface area (Å²) in [5, 5.41) is 0.721. The van der Waals surface area contributed by atoms with Crippen molar-refractivity contribution in [3.63, 3.8) is 0 Å². The highest BCUT2D eigenvalue weighted by atomic mass is 35.5. The molecule has 60 valence electrons. The normalized spacial score (nSPS) is 9.82. The van der Waals surface area contributed by atoms with Crippen LogP contribution in [0.4, 0.5) is 0 Å². The number of hydrogen-bond donors (Lipinski definition) is 0. The van der Waals surface area contributed by atoms with E-state index in [2.05, 4.69) is 4.98 Å². The summed E-state index contributed by atoms with van der Waals surface area (Å²) in [5.41, 5.74) is 0.877. The zero-order chi connectivity index (χ0) is 8.43. The van der Waals surface area contributed by atoms with E-state index in [4.69, 9.17) is 27.9 Å². The number of methoxy groups -OCH3 is 1. The maximum absolute atomic E-state index is 5.69. The number of hydrogen-bond acceptors (Lipinski definition) is 2. The van der Waals surface area contributed by atoms with Crippen LogP contribution in [0.1, 0.15) is 5.56 Å². The summed E-state index contributed by atoms with van der Waals surface area (Å²) in [4.78, 5) is 3.90. The lowest BCUT2D eigenvalue weighted by Gasteiger charge is -2.03. The van der Waals surface area contributed by atoms with Gasteiger partial charge in [-0.05, 0) is 13.0 Å². The predicted molar refractivity (Wildman–Crippen MR) is 45.5 cm³/mol. The minimum Gasteiger partial charge on any atom is -0.481 e. The van der Waals surface area contributed by atoms with Crippen LogP contribution < -0.4 is 4.74 Å². The zero-order valence-electron chi connectivity index (χ0n) is 6.19. The van der Waals surface area contributed by atoms with Gasteiger partial charge < -0.3 is 4.74 Å². The second-order valence-electron chi connectivity index (χ2n) is 2.09. The predicted octanol–water partition coefficient (Wildman–Crippen LogP) is 2.71. The van der Waals surface area contributed by atoms with E-state index in [1.54, 1.807) is 13.2 Å². The van der Waals surface area contributed by atoms with E-state index in [0.717, 1.165) is 5.56 Å². The van der Waals surface area contributed by atoms with Gasteiger partial charge in [0.25, 0.3) is 0 Å². The van der Waals surface area contributed by atoms with Gasteiger partial charge in [0.15, 0.2) is 5.15 Å². The van der Waals surface area contributed by atoms with Crippen molar-refractivity contribution in [2.45, 2.75) is 6.92 Å². The lowest BCUT2D eigenvalue weighted by Crippen LogP contribution is -1.91. The SMILES string of the molecule is COc1nc(Cl)c(Cl)cc1C. The summed E-state index contributed by atoms with van der Waals surface area (Å²) < 4.78 is 4.93. The molecule has 0 amide bonds. The Labute approximate surface area is 75.1 Å². The van der Waals surface area contributed by atoms with Gasteiger partial charge in [-0.1, -0.05) is 23.2 Å². The van der Waals surface area contributed by atoms with Crippen LogP contribution in [0.5, 0.6) is 5.88 Å². The molecule has 1 aromatic rings. The Morgan fingerprint density at radius 2 is 2.09 bits per heavy atom. The van der Waals surface area contributed by atoms with Gasteiger partial charge in [-0.2, -0.15) is 4.98 Å². The molecule has 0 spiro atoms. The number of aryl methyl sites for hydroxylation is 1. The van der Waals surface area contributed by atoms with E-state index in [9.17, 15) is 0 Å². The standard InChI is InChI=1S/C7H7Cl2NO/c1-4-3-5(8)6(9)10-7(4)11-2/h3H,1-2H3. The van der Waals surface area contributed by atoms with Gasteiger partial charge in [-0.25, -0.2) is 0 Å². The molecule has 0 unspecified atom stereocenters. The lowest BCUT2D eigenvalue weighted by atomic mass is 10.3. The highest BCUT2D eigenvalue weighted by Crippen LogP contribution is 2.25. The minimum atomic E-state index is 0.272. The van der Waals surface area contributed by atoms with Crippen LogP contribution in [0, 0.1) is 6.92 Å². The molecule has 1 rings (SSSR count). The van der Waals surface area contributed by atoms with E-state index in [1.165, 1.54) is 0 Å². The maximum atomic E-state index is 5.69. The first-order valence-electron chi connectivity index (χ1n) is 3.01. The monoisotopic (exact) mass is 191 g/mol. The maximum Gasteiger partial charge on any atom is 0.217 e. The van der Waals surface area contributed by atoms with Crippen molar-refractivity contribution in [2.75, 3.05) is 7.11 Å². The fourth-order valence-corrected chi connectivity index (χ4v) is 1.09. The second kappa shape index (κ2) is 3.28. The topological polar surface area (TPSA) is 22.1 Å². The van der Waals surface area contributed by atoms with Gasteiger partial charge in [0, 0.05) is 5.56 Å². The van der Waals surface area contributed by atoms with Crippen molar-refractivity contribution in [2.24, 2.45) is 0 Å². The van der Waals surface area contributed by atoms with Crippen molar-refractivity contribution in [1.29, 1.82) is 0 Å². The first-order valence-corrected chi connectivity index (χ1v) is 3.77. The van der Waals surface area contributed by atoms with Gasteiger partial charge in [0.05, 0.1) is 12.1 Å². The lowest BCUT2D eigenvalue weighted by molar-refractivity contribution is 0.394. The Hall–Kier alpha value is -0.470. The van der Waals surface area contributed by atoms with Gasteiger partial charge in [-0.15, -0.1) is 0 Å². The molecule has 0 fully saturated rings. The first kappa shape index (κ1) is 8.62. The Kier molecular flexibility index (Phi) is 2.58. The van der Waals surface area contributed by atoms with Gasteiger partial charge >= 0.3 is 0 Å². The van der Waals surface area contributed by atoms with Crippen LogP contribution >= 0.6 is 23.2 Å². The molecule has 0 bridgehead atoms. The number of ether oxygens (including phenoxy) is 1. The van der Waals surface area contributed by atoms with Crippen molar-refractivity contribution in [3.8, 4) is 5.88 Å². The molecular weight excluding hydrogens is 185 g/mol. The fraction of sp³-hybridized carbons (Fsp3) is 0.286. The average Bonchev–Trinajstić information content (AvgIpc) is 1.97. The molecule has 0 saturated heterocycles. The molecule has 0 aliphatic rings. The highest BCUT2D eigenvalue weighted by molar-refractivity contribution is 6.41. The molecular formula is C7H7Cl2NO. The quantitative estimate of drug-likeness (QED) is 0.638. The smallest absolute Gasteiger partial charge is 0.217 e. The van der Waals surface area contributed by atoms with Gasteiger partial charge in [0.1, 0.15) is 0 Å². The molecule has 4 heteroatoms. The summed E-state index contributed by atoms with van der Waals surface area (Å²) in [6.45, 7) is 1.86. The van der Waals surface area contributed by atoms with Crippen molar-refractivity contribution in [1.82, 2.24) is 4.98 Å². The van der Waals surface area contributed by atoms with Crippen molar-refractivity contribution in [3.05, 3.63) is 21.8 Å². The van der Waals surface area contributed by atoms with Crippen molar-refractivity contribution < 1.29 is 4.74 Å². The van der Waals surface area contributed by atoms with Crippen LogP contribution in [0.25, 0.3) is 0 Å². The zero-order valence-corrected chi connectivity index (χ0v) is 7.70. The summed E-state index contributed by atoms with van der Waals surface area (Å²) in [6.07, 6.45) is 0. The van der Waals surface area contributed by atoms with Crippen LogP contribution in [-0.2, 0) is 0 Å². The minimum absolute atomic E-state index is 0.272. The second-order valence-corrected chi connectivity index (χ2v) is 2.85. The molecule has 0 aromatic carbocycles. The Morgan fingerprint density at radius 1 is 1.45 bits per heavy atom. The highest BCUT2D eigenvalue weighted by Gasteiger charge is 2.04. The molecule has 0 radical (unpaired) electrons. The molecule has 0 atom stereocenters. The molecule has 11 heavy (non-hydrogen) atoms.